The third-order valence-corrected chi connectivity index (χ3v) is 4.67. The Morgan fingerprint density at radius 1 is 1.52 bits per heavy atom. The van der Waals surface area contributed by atoms with Crippen molar-refractivity contribution in [3.8, 4) is 23.6 Å². The number of aromatic nitrogens is 2. The highest BCUT2D eigenvalue weighted by Crippen LogP contribution is 2.34. The molecule has 3 heterocycles. The molecule has 4 nitrogen and oxygen atoms in total. The fourth-order valence-corrected chi connectivity index (χ4v) is 3.25. The number of benzene rings is 1. The number of epoxide rings is 1. The van der Waals surface area contributed by atoms with Crippen LogP contribution in [0.2, 0.25) is 0 Å². The van der Waals surface area contributed by atoms with E-state index in [1.165, 1.54) is 6.08 Å². The van der Waals surface area contributed by atoms with Crippen LogP contribution in [0.3, 0.4) is 0 Å². The molecule has 0 radical (unpaired) electrons. The lowest BCUT2D eigenvalue weighted by Gasteiger charge is -2.10. The van der Waals surface area contributed by atoms with Crippen molar-refractivity contribution in [3.63, 3.8) is 0 Å². The number of halogens is 1. The predicted molar refractivity (Wildman–Crippen MR) is 102 cm³/mol. The van der Waals surface area contributed by atoms with Crippen molar-refractivity contribution in [2.45, 2.75) is 19.4 Å². The van der Waals surface area contributed by atoms with Crippen molar-refractivity contribution in [2.24, 2.45) is 0 Å². The predicted octanol–water partition coefficient (Wildman–Crippen LogP) is 3.85. The fourth-order valence-electron chi connectivity index (χ4n) is 3.25. The number of hydrogen-bond acceptors (Lipinski definition) is 3. The molecule has 0 aliphatic carbocycles. The summed E-state index contributed by atoms with van der Waals surface area (Å²) in [6, 6.07) is 6.65. The lowest BCUT2D eigenvalue weighted by Crippen LogP contribution is -2.03. The van der Waals surface area contributed by atoms with Crippen molar-refractivity contribution in [1.29, 1.82) is 0 Å². The number of rotatable bonds is 5. The first-order chi connectivity index (χ1) is 13.0. The van der Waals surface area contributed by atoms with E-state index in [2.05, 4.69) is 11.6 Å². The molecular formula is C22H17FN2O2. The molecule has 1 aromatic carbocycles. The van der Waals surface area contributed by atoms with E-state index in [0.29, 0.717) is 29.8 Å². The molecule has 27 heavy (non-hydrogen) atoms. The zero-order chi connectivity index (χ0) is 19.1. The number of aryl methyl sites for hydroxylation is 1. The first-order valence-corrected chi connectivity index (χ1v) is 8.58. The van der Waals surface area contributed by atoms with Crippen LogP contribution in [0.4, 0.5) is 4.39 Å². The molecule has 0 spiro atoms. The smallest absolute Gasteiger partial charge is 0.235 e. The summed E-state index contributed by atoms with van der Waals surface area (Å²) in [6.07, 6.45) is 9.35. The number of carbonyl (C=O) groups is 1. The maximum Gasteiger partial charge on any atom is 0.235 e. The van der Waals surface area contributed by atoms with Crippen LogP contribution in [-0.4, -0.2) is 27.9 Å². The number of fused-ring (bicyclic) bond motifs is 1. The molecule has 2 aromatic heterocycles. The van der Waals surface area contributed by atoms with Crippen LogP contribution in [0.15, 0.2) is 37.0 Å². The van der Waals surface area contributed by atoms with Gasteiger partial charge in [-0.3, -0.25) is 4.79 Å². The maximum absolute atomic E-state index is 15.1. The van der Waals surface area contributed by atoms with Gasteiger partial charge in [-0.15, -0.1) is 6.42 Å². The van der Waals surface area contributed by atoms with Crippen molar-refractivity contribution < 1.29 is 13.9 Å². The summed E-state index contributed by atoms with van der Waals surface area (Å²) >= 11 is 0. The van der Waals surface area contributed by atoms with Gasteiger partial charge in [0.25, 0.3) is 0 Å². The number of terminal acetylenes is 1. The van der Waals surface area contributed by atoms with E-state index >= 15 is 4.39 Å². The van der Waals surface area contributed by atoms with E-state index in [4.69, 9.17) is 11.2 Å². The SMILES string of the molecule is C#CC(=O)c1cc(F)c(-c2nc3cc(C)ccn3c2C[C@H]2CO2)c(C=C)c1. The summed E-state index contributed by atoms with van der Waals surface area (Å²) in [5, 5.41) is 0. The van der Waals surface area contributed by atoms with Crippen molar-refractivity contribution in [1.82, 2.24) is 9.38 Å². The quantitative estimate of drug-likeness (QED) is 0.301. The number of hydrogen-bond donors (Lipinski definition) is 0. The molecule has 134 valence electrons. The highest BCUT2D eigenvalue weighted by atomic mass is 19.1. The average molecular weight is 360 g/mol. The molecular weight excluding hydrogens is 343 g/mol. The van der Waals surface area contributed by atoms with Gasteiger partial charge in [-0.25, -0.2) is 9.37 Å². The zero-order valence-electron chi connectivity index (χ0n) is 14.8. The van der Waals surface area contributed by atoms with Crippen molar-refractivity contribution in [3.05, 3.63) is 65.2 Å². The minimum absolute atomic E-state index is 0.113. The molecule has 0 amide bonds. The average Bonchev–Trinajstić information content (AvgIpc) is 3.41. The normalized spacial score (nSPS) is 15.5. The van der Waals surface area contributed by atoms with E-state index < -0.39 is 11.6 Å². The molecule has 1 atom stereocenters. The van der Waals surface area contributed by atoms with Crippen LogP contribution >= 0.6 is 0 Å². The number of nitrogens with zero attached hydrogens (tertiary/aromatic N) is 2. The summed E-state index contributed by atoms with van der Waals surface area (Å²) in [6.45, 7) is 6.43. The Kier molecular flexibility index (Phi) is 4.14. The van der Waals surface area contributed by atoms with Gasteiger partial charge in [0.2, 0.25) is 5.78 Å². The topological polar surface area (TPSA) is 46.9 Å². The second kappa shape index (κ2) is 6.49. The van der Waals surface area contributed by atoms with Crippen molar-refractivity contribution >= 4 is 17.5 Å². The number of pyridine rings is 1. The molecule has 1 saturated heterocycles. The van der Waals surface area contributed by atoms with Crippen LogP contribution in [0, 0.1) is 25.1 Å². The molecule has 0 unspecified atom stereocenters. The lowest BCUT2D eigenvalue weighted by molar-refractivity contribution is 0.105. The van der Waals surface area contributed by atoms with Gasteiger partial charge in [0, 0.05) is 23.7 Å². The Hall–Kier alpha value is -3.23. The van der Waals surface area contributed by atoms with E-state index in [1.807, 2.05) is 35.6 Å². The summed E-state index contributed by atoms with van der Waals surface area (Å²) in [7, 11) is 0. The number of ketones is 1. The molecule has 1 aliphatic heterocycles. The summed E-state index contributed by atoms with van der Waals surface area (Å²) < 4.78 is 22.4. The summed E-state index contributed by atoms with van der Waals surface area (Å²) in [4.78, 5) is 16.5. The second-order valence-corrected chi connectivity index (χ2v) is 6.60. The van der Waals surface area contributed by atoms with Gasteiger partial charge in [0.05, 0.1) is 24.1 Å². The fraction of sp³-hybridized carbons (Fsp3) is 0.182. The molecule has 5 heteroatoms. The Labute approximate surface area is 156 Å². The minimum atomic E-state index is -0.569. The highest BCUT2D eigenvalue weighted by molar-refractivity contribution is 6.09. The molecule has 1 fully saturated rings. The van der Waals surface area contributed by atoms with Gasteiger partial charge in [0.15, 0.2) is 0 Å². The summed E-state index contributed by atoms with van der Waals surface area (Å²) in [5.74, 6) is 0.896. The second-order valence-electron chi connectivity index (χ2n) is 6.60. The van der Waals surface area contributed by atoms with E-state index in [1.54, 1.807) is 6.07 Å². The third kappa shape index (κ3) is 3.05. The van der Waals surface area contributed by atoms with Gasteiger partial charge in [-0.05, 0) is 48.2 Å². The lowest BCUT2D eigenvalue weighted by atomic mass is 9.97. The van der Waals surface area contributed by atoms with Gasteiger partial charge < -0.3 is 9.14 Å². The third-order valence-electron chi connectivity index (χ3n) is 4.67. The molecule has 0 saturated carbocycles. The van der Waals surface area contributed by atoms with Crippen molar-refractivity contribution in [2.75, 3.05) is 6.61 Å². The van der Waals surface area contributed by atoms with Crippen LogP contribution in [0.1, 0.15) is 27.2 Å². The number of ether oxygens (including phenoxy) is 1. The summed E-state index contributed by atoms with van der Waals surface area (Å²) in [5.41, 5.74) is 4.11. The molecule has 3 aromatic rings. The maximum atomic E-state index is 15.1. The van der Waals surface area contributed by atoms with Gasteiger partial charge in [-0.1, -0.05) is 12.7 Å². The highest BCUT2D eigenvalue weighted by Gasteiger charge is 2.28. The molecule has 0 N–H and O–H groups in total. The van der Waals surface area contributed by atoms with E-state index in [-0.39, 0.29) is 11.7 Å². The number of carbonyl (C=O) groups excluding carboxylic acids is 1. The Bertz CT molecular complexity index is 1130. The Morgan fingerprint density at radius 2 is 2.30 bits per heavy atom. The van der Waals surface area contributed by atoms with Crippen LogP contribution < -0.4 is 0 Å². The first-order valence-electron chi connectivity index (χ1n) is 8.58. The molecule has 0 bridgehead atoms. The van der Waals surface area contributed by atoms with E-state index in [0.717, 1.165) is 23.0 Å². The Balaban J connectivity index is 1.97. The van der Waals surface area contributed by atoms with Gasteiger partial charge in [0.1, 0.15) is 11.5 Å². The largest absolute Gasteiger partial charge is 0.373 e. The van der Waals surface area contributed by atoms with Crippen LogP contribution in [0.25, 0.3) is 23.0 Å². The van der Waals surface area contributed by atoms with E-state index in [9.17, 15) is 4.79 Å². The molecule has 1 aliphatic rings. The monoisotopic (exact) mass is 360 g/mol. The Morgan fingerprint density at radius 3 is 2.96 bits per heavy atom. The number of Topliss-reactive ketones (excluding diaryl/α,β-unsaturated/α-hetero) is 1. The molecule has 4 rings (SSSR count). The van der Waals surface area contributed by atoms with Gasteiger partial charge >= 0.3 is 0 Å². The van der Waals surface area contributed by atoms with Crippen LogP contribution in [0.5, 0.6) is 0 Å². The first kappa shape index (κ1) is 17.2. The van der Waals surface area contributed by atoms with Gasteiger partial charge in [-0.2, -0.15) is 0 Å². The minimum Gasteiger partial charge on any atom is -0.373 e. The standard InChI is InChI=1S/C22H17FN2O2/c1-4-14-9-15(19(26)5-2)10-17(23)21(14)22-18(11-16-12-27-16)25-7-6-13(3)8-20(25)24-22/h2,4,6-10,16H,1,11-12H2,3H3/t16-/m0/s1. The number of imidazole rings is 1. The van der Waals surface area contributed by atoms with Crippen LogP contribution in [-0.2, 0) is 11.2 Å². The zero-order valence-corrected chi connectivity index (χ0v) is 14.8.